The van der Waals surface area contributed by atoms with E-state index >= 15 is 0 Å². The molecule has 0 fully saturated rings. The molecular formula is C19H18N2O3. The summed E-state index contributed by atoms with van der Waals surface area (Å²) in [5, 5.41) is 0. The minimum absolute atomic E-state index is 0.283. The van der Waals surface area contributed by atoms with Gasteiger partial charge in [-0.3, -0.25) is 0 Å². The van der Waals surface area contributed by atoms with Crippen molar-refractivity contribution in [3.05, 3.63) is 65.4 Å². The van der Waals surface area contributed by atoms with Gasteiger partial charge >= 0.3 is 5.97 Å². The fourth-order valence-corrected chi connectivity index (χ4v) is 2.32. The molecule has 2 aromatic rings. The van der Waals surface area contributed by atoms with Crippen LogP contribution < -0.4 is 9.64 Å². The van der Waals surface area contributed by atoms with Crippen molar-refractivity contribution in [2.24, 2.45) is 4.99 Å². The Hall–Kier alpha value is -3.08. The fourth-order valence-electron chi connectivity index (χ4n) is 2.32. The third-order valence-corrected chi connectivity index (χ3v) is 3.65. The average molecular weight is 322 g/mol. The quantitative estimate of drug-likeness (QED) is 0.641. The van der Waals surface area contributed by atoms with Gasteiger partial charge in [0.1, 0.15) is 5.75 Å². The zero-order chi connectivity index (χ0) is 17.1. The van der Waals surface area contributed by atoms with Crippen LogP contribution in [0.5, 0.6) is 5.75 Å². The van der Waals surface area contributed by atoms with E-state index in [1.165, 1.54) is 0 Å². The lowest BCUT2D eigenvalue weighted by Crippen LogP contribution is -2.08. The summed E-state index contributed by atoms with van der Waals surface area (Å²) in [6.07, 6.45) is 1.72. The van der Waals surface area contributed by atoms with Gasteiger partial charge in [0.05, 0.1) is 7.11 Å². The van der Waals surface area contributed by atoms with Crippen molar-refractivity contribution in [2.45, 2.75) is 0 Å². The molecule has 0 unspecified atom stereocenters. The summed E-state index contributed by atoms with van der Waals surface area (Å²) in [7, 11) is 5.54. The normalized spacial score (nSPS) is 15.2. The van der Waals surface area contributed by atoms with Crippen LogP contribution in [0.4, 0.5) is 5.69 Å². The van der Waals surface area contributed by atoms with Gasteiger partial charge in [0.2, 0.25) is 5.90 Å². The molecule has 0 radical (unpaired) electrons. The standard InChI is InChI=1S/C19H18N2O3/c1-21(2)15-9-7-13(8-10-15)11-17-19(22)24-18(20-17)14-5-4-6-16(12-14)23-3/h4-12H,1-3H3. The molecule has 24 heavy (non-hydrogen) atoms. The summed E-state index contributed by atoms with van der Waals surface area (Å²) in [5.74, 6) is 0.516. The number of benzene rings is 2. The molecule has 0 bridgehead atoms. The second kappa shape index (κ2) is 6.58. The molecule has 5 nitrogen and oxygen atoms in total. The minimum atomic E-state index is -0.454. The van der Waals surface area contributed by atoms with Crippen molar-refractivity contribution in [1.29, 1.82) is 0 Å². The highest BCUT2D eigenvalue weighted by Gasteiger charge is 2.24. The van der Waals surface area contributed by atoms with Crippen molar-refractivity contribution < 1.29 is 14.3 Å². The molecule has 122 valence electrons. The van der Waals surface area contributed by atoms with Crippen LogP contribution in [0.15, 0.2) is 59.2 Å². The topological polar surface area (TPSA) is 51.1 Å². The molecule has 0 aliphatic carbocycles. The van der Waals surface area contributed by atoms with Crippen molar-refractivity contribution >= 4 is 23.6 Å². The number of hydrogen-bond donors (Lipinski definition) is 0. The van der Waals surface area contributed by atoms with Gasteiger partial charge in [-0.05, 0) is 42.0 Å². The summed E-state index contributed by atoms with van der Waals surface area (Å²) in [6, 6.07) is 15.1. The van der Waals surface area contributed by atoms with E-state index in [2.05, 4.69) is 4.99 Å². The Labute approximate surface area is 140 Å². The van der Waals surface area contributed by atoms with Crippen LogP contribution >= 0.6 is 0 Å². The van der Waals surface area contributed by atoms with E-state index in [1.807, 2.05) is 61.5 Å². The predicted molar refractivity (Wildman–Crippen MR) is 94.4 cm³/mol. The molecule has 3 rings (SSSR count). The van der Waals surface area contributed by atoms with Crippen molar-refractivity contribution in [2.75, 3.05) is 26.1 Å². The van der Waals surface area contributed by atoms with Gasteiger partial charge in [0.25, 0.3) is 0 Å². The monoisotopic (exact) mass is 322 g/mol. The van der Waals surface area contributed by atoms with Crippen LogP contribution in [-0.2, 0) is 9.53 Å². The van der Waals surface area contributed by atoms with Crippen molar-refractivity contribution in [1.82, 2.24) is 0 Å². The molecule has 1 aliphatic heterocycles. The maximum absolute atomic E-state index is 12.0. The highest BCUT2D eigenvalue weighted by molar-refractivity contribution is 6.12. The first-order chi connectivity index (χ1) is 11.6. The maximum Gasteiger partial charge on any atom is 0.363 e. The summed E-state index contributed by atoms with van der Waals surface area (Å²) in [5.41, 5.74) is 2.97. The highest BCUT2D eigenvalue weighted by atomic mass is 16.6. The van der Waals surface area contributed by atoms with Crippen molar-refractivity contribution in [3.63, 3.8) is 0 Å². The number of anilines is 1. The summed E-state index contributed by atoms with van der Waals surface area (Å²) in [4.78, 5) is 18.4. The molecule has 0 spiro atoms. The lowest BCUT2D eigenvalue weighted by atomic mass is 10.1. The summed E-state index contributed by atoms with van der Waals surface area (Å²) in [6.45, 7) is 0. The van der Waals surface area contributed by atoms with E-state index < -0.39 is 5.97 Å². The molecule has 2 aromatic carbocycles. The molecule has 0 saturated heterocycles. The van der Waals surface area contributed by atoms with Crippen molar-refractivity contribution in [3.8, 4) is 5.75 Å². The lowest BCUT2D eigenvalue weighted by Gasteiger charge is -2.11. The van der Waals surface area contributed by atoms with Gasteiger partial charge in [0.15, 0.2) is 5.70 Å². The Morgan fingerprint density at radius 3 is 2.54 bits per heavy atom. The zero-order valence-electron chi connectivity index (χ0n) is 13.8. The number of rotatable bonds is 4. The van der Waals surface area contributed by atoms with E-state index in [0.717, 1.165) is 11.3 Å². The third kappa shape index (κ3) is 3.30. The van der Waals surface area contributed by atoms with E-state index in [-0.39, 0.29) is 11.6 Å². The Kier molecular flexibility index (Phi) is 4.33. The van der Waals surface area contributed by atoms with Gasteiger partial charge in [0, 0.05) is 25.3 Å². The summed E-state index contributed by atoms with van der Waals surface area (Å²) >= 11 is 0. The van der Waals surface area contributed by atoms with E-state index in [4.69, 9.17) is 9.47 Å². The second-order valence-electron chi connectivity index (χ2n) is 5.55. The van der Waals surface area contributed by atoms with Crippen LogP contribution in [0.2, 0.25) is 0 Å². The molecule has 0 N–H and O–H groups in total. The Morgan fingerprint density at radius 2 is 1.88 bits per heavy atom. The first-order valence-corrected chi connectivity index (χ1v) is 7.51. The molecule has 0 saturated carbocycles. The minimum Gasteiger partial charge on any atom is -0.497 e. The van der Waals surface area contributed by atoms with Gasteiger partial charge in [-0.15, -0.1) is 0 Å². The van der Waals surface area contributed by atoms with Crippen LogP contribution in [0, 0.1) is 0 Å². The Bertz CT molecular complexity index is 821. The lowest BCUT2D eigenvalue weighted by molar-refractivity contribution is -0.129. The van der Waals surface area contributed by atoms with Gasteiger partial charge < -0.3 is 14.4 Å². The van der Waals surface area contributed by atoms with Gasteiger partial charge in [-0.25, -0.2) is 9.79 Å². The molecule has 1 aliphatic rings. The molecule has 1 heterocycles. The zero-order valence-corrected chi connectivity index (χ0v) is 13.8. The van der Waals surface area contributed by atoms with E-state index in [0.29, 0.717) is 11.3 Å². The molecule has 5 heteroatoms. The molecular weight excluding hydrogens is 304 g/mol. The smallest absolute Gasteiger partial charge is 0.363 e. The largest absolute Gasteiger partial charge is 0.497 e. The molecule has 0 aromatic heterocycles. The number of carbonyl (C=O) groups is 1. The van der Waals surface area contributed by atoms with Gasteiger partial charge in [-0.2, -0.15) is 0 Å². The maximum atomic E-state index is 12.0. The number of methoxy groups -OCH3 is 1. The first kappa shape index (κ1) is 15.8. The van der Waals surface area contributed by atoms with Gasteiger partial charge in [-0.1, -0.05) is 18.2 Å². The van der Waals surface area contributed by atoms with Crippen LogP contribution in [0.3, 0.4) is 0 Å². The number of hydrogen-bond acceptors (Lipinski definition) is 5. The van der Waals surface area contributed by atoms with E-state index in [9.17, 15) is 4.79 Å². The Morgan fingerprint density at radius 1 is 1.12 bits per heavy atom. The van der Waals surface area contributed by atoms with Crippen LogP contribution in [0.1, 0.15) is 11.1 Å². The van der Waals surface area contributed by atoms with Crippen LogP contribution in [-0.4, -0.2) is 33.1 Å². The number of carbonyl (C=O) groups excluding carboxylic acids is 1. The SMILES string of the molecule is COc1cccc(C2=NC(=Cc3ccc(N(C)C)cc3)C(=O)O2)c1. The molecule has 0 atom stereocenters. The molecule has 0 amide bonds. The number of nitrogens with zero attached hydrogens (tertiary/aromatic N) is 2. The fraction of sp³-hybridized carbons (Fsp3) is 0.158. The number of esters is 1. The van der Waals surface area contributed by atoms with Crippen LogP contribution in [0.25, 0.3) is 6.08 Å². The number of cyclic esters (lactones) is 1. The third-order valence-electron chi connectivity index (χ3n) is 3.65. The number of ether oxygens (including phenoxy) is 2. The van der Waals surface area contributed by atoms with E-state index in [1.54, 1.807) is 19.3 Å². The predicted octanol–water partition coefficient (Wildman–Crippen LogP) is 3.11. The average Bonchev–Trinajstić information content (AvgIpc) is 2.96. The Balaban J connectivity index is 1.88. The number of aliphatic imine (C=N–C) groups is 1. The summed E-state index contributed by atoms with van der Waals surface area (Å²) < 4.78 is 10.5. The second-order valence-corrected chi connectivity index (χ2v) is 5.55. The first-order valence-electron chi connectivity index (χ1n) is 7.51. The highest BCUT2D eigenvalue weighted by Crippen LogP contribution is 2.22.